The van der Waals surface area contributed by atoms with Crippen LogP contribution in [-0.4, -0.2) is 26.1 Å². The second-order valence-electron chi connectivity index (χ2n) is 6.66. The first-order valence-corrected chi connectivity index (χ1v) is 9.09. The number of aryl methyl sites for hydroxylation is 2. The van der Waals surface area contributed by atoms with Crippen LogP contribution >= 0.6 is 0 Å². The summed E-state index contributed by atoms with van der Waals surface area (Å²) >= 11 is 0. The molecule has 144 valence electrons. The highest BCUT2D eigenvalue weighted by atomic mass is 16.3. The second-order valence-corrected chi connectivity index (χ2v) is 6.66. The van der Waals surface area contributed by atoms with Crippen LogP contribution in [0.1, 0.15) is 16.9 Å². The monoisotopic (exact) mass is 385 g/mol. The van der Waals surface area contributed by atoms with Gasteiger partial charge in [0, 0.05) is 17.3 Å². The SMILES string of the molecule is Cc1cc(C)cc(NC(=O)/C(=C/c2ccco2)n2nnnc2-c2ccccc2)c1. The number of tetrazole rings is 1. The lowest BCUT2D eigenvalue weighted by Crippen LogP contribution is -2.19. The van der Waals surface area contributed by atoms with Gasteiger partial charge in [0.05, 0.1) is 6.26 Å². The Morgan fingerprint density at radius 2 is 1.79 bits per heavy atom. The van der Waals surface area contributed by atoms with Gasteiger partial charge in [-0.25, -0.2) is 0 Å². The Bertz CT molecular complexity index is 1140. The van der Waals surface area contributed by atoms with Crippen molar-refractivity contribution in [3.05, 3.63) is 83.8 Å². The lowest BCUT2D eigenvalue weighted by molar-refractivity contribution is -0.111. The van der Waals surface area contributed by atoms with Gasteiger partial charge < -0.3 is 9.73 Å². The van der Waals surface area contributed by atoms with E-state index in [1.54, 1.807) is 24.5 Å². The zero-order chi connectivity index (χ0) is 20.2. The summed E-state index contributed by atoms with van der Waals surface area (Å²) in [5, 5.41) is 14.9. The van der Waals surface area contributed by atoms with Gasteiger partial charge in [0.2, 0.25) is 0 Å². The number of benzene rings is 2. The first kappa shape index (κ1) is 18.4. The maximum atomic E-state index is 13.2. The third-order valence-electron chi connectivity index (χ3n) is 4.26. The Morgan fingerprint density at radius 1 is 1.03 bits per heavy atom. The summed E-state index contributed by atoms with van der Waals surface area (Å²) in [7, 11) is 0. The van der Waals surface area contributed by atoms with Crippen LogP contribution in [0.2, 0.25) is 0 Å². The van der Waals surface area contributed by atoms with Crippen molar-refractivity contribution in [3.8, 4) is 11.4 Å². The number of hydrogen-bond donors (Lipinski definition) is 1. The van der Waals surface area contributed by atoms with Crippen molar-refractivity contribution in [1.82, 2.24) is 20.2 Å². The van der Waals surface area contributed by atoms with Crippen molar-refractivity contribution in [2.24, 2.45) is 0 Å². The topological polar surface area (TPSA) is 85.8 Å². The van der Waals surface area contributed by atoms with Gasteiger partial charge >= 0.3 is 0 Å². The first-order chi connectivity index (χ1) is 14.1. The highest BCUT2D eigenvalue weighted by Gasteiger charge is 2.20. The van der Waals surface area contributed by atoms with E-state index in [-0.39, 0.29) is 11.6 Å². The van der Waals surface area contributed by atoms with E-state index in [2.05, 4.69) is 20.8 Å². The number of anilines is 1. The predicted octanol–water partition coefficient (Wildman–Crippen LogP) is 4.19. The Morgan fingerprint density at radius 3 is 2.48 bits per heavy atom. The fraction of sp³-hybridized carbons (Fsp3) is 0.0909. The van der Waals surface area contributed by atoms with E-state index in [1.807, 2.05) is 62.4 Å². The number of carbonyl (C=O) groups excluding carboxylic acids is 1. The summed E-state index contributed by atoms with van der Waals surface area (Å²) in [6.45, 7) is 3.97. The Balaban J connectivity index is 1.76. The molecule has 4 rings (SSSR count). The average molecular weight is 385 g/mol. The van der Waals surface area contributed by atoms with Gasteiger partial charge in [-0.3, -0.25) is 4.79 Å². The molecule has 1 N–H and O–H groups in total. The molecule has 0 fully saturated rings. The zero-order valence-electron chi connectivity index (χ0n) is 16.0. The fourth-order valence-electron chi connectivity index (χ4n) is 3.09. The van der Waals surface area contributed by atoms with Crippen molar-refractivity contribution in [3.63, 3.8) is 0 Å². The van der Waals surface area contributed by atoms with E-state index in [0.29, 0.717) is 17.3 Å². The lowest BCUT2D eigenvalue weighted by Gasteiger charge is -2.11. The summed E-state index contributed by atoms with van der Waals surface area (Å²) < 4.78 is 6.82. The van der Waals surface area contributed by atoms with Gasteiger partial charge in [0.15, 0.2) is 5.82 Å². The molecule has 0 unspecified atom stereocenters. The second kappa shape index (κ2) is 7.93. The molecule has 0 bridgehead atoms. The van der Waals surface area contributed by atoms with Gasteiger partial charge in [-0.1, -0.05) is 36.4 Å². The quantitative estimate of drug-likeness (QED) is 0.521. The van der Waals surface area contributed by atoms with Crippen molar-refractivity contribution >= 4 is 23.4 Å². The van der Waals surface area contributed by atoms with Crippen molar-refractivity contribution in [2.45, 2.75) is 13.8 Å². The molecule has 1 amide bonds. The summed E-state index contributed by atoms with van der Waals surface area (Å²) in [5.41, 5.74) is 3.85. The van der Waals surface area contributed by atoms with Gasteiger partial charge in [-0.05, 0) is 59.7 Å². The number of nitrogens with zero attached hydrogens (tertiary/aromatic N) is 4. The fourth-order valence-corrected chi connectivity index (χ4v) is 3.09. The number of hydrogen-bond acceptors (Lipinski definition) is 5. The van der Waals surface area contributed by atoms with Gasteiger partial charge in [0.25, 0.3) is 5.91 Å². The normalized spacial score (nSPS) is 11.4. The number of furan rings is 1. The molecule has 7 heteroatoms. The van der Waals surface area contributed by atoms with E-state index in [4.69, 9.17) is 4.42 Å². The van der Waals surface area contributed by atoms with Gasteiger partial charge in [-0.2, -0.15) is 4.68 Å². The molecular weight excluding hydrogens is 366 g/mol. The minimum absolute atomic E-state index is 0.239. The van der Waals surface area contributed by atoms with Crippen LogP contribution in [0.15, 0.2) is 71.3 Å². The van der Waals surface area contributed by atoms with Crippen LogP contribution in [0.4, 0.5) is 5.69 Å². The van der Waals surface area contributed by atoms with Gasteiger partial charge in [-0.15, -0.1) is 5.10 Å². The summed E-state index contributed by atoms with van der Waals surface area (Å²) in [4.78, 5) is 13.2. The molecule has 2 aromatic heterocycles. The molecule has 2 heterocycles. The molecular formula is C22H19N5O2. The molecule has 0 saturated carbocycles. The number of rotatable bonds is 5. The number of aromatic nitrogens is 4. The van der Waals surface area contributed by atoms with Crippen LogP contribution < -0.4 is 5.32 Å². The average Bonchev–Trinajstić information content (AvgIpc) is 3.38. The molecule has 4 aromatic rings. The molecule has 0 saturated heterocycles. The zero-order valence-corrected chi connectivity index (χ0v) is 16.0. The summed E-state index contributed by atoms with van der Waals surface area (Å²) in [6, 6.07) is 18.8. The number of nitrogens with one attached hydrogen (secondary N) is 1. The number of amides is 1. The molecule has 0 aliphatic rings. The van der Waals surface area contributed by atoms with E-state index in [9.17, 15) is 4.79 Å². The smallest absolute Gasteiger partial charge is 0.274 e. The van der Waals surface area contributed by atoms with E-state index >= 15 is 0 Å². The van der Waals surface area contributed by atoms with E-state index in [0.717, 1.165) is 16.7 Å². The lowest BCUT2D eigenvalue weighted by atomic mass is 10.1. The Hall–Kier alpha value is -4.00. The van der Waals surface area contributed by atoms with Crippen molar-refractivity contribution < 1.29 is 9.21 Å². The maximum Gasteiger partial charge on any atom is 0.274 e. The van der Waals surface area contributed by atoms with Gasteiger partial charge in [0.1, 0.15) is 11.5 Å². The highest BCUT2D eigenvalue weighted by Crippen LogP contribution is 2.22. The van der Waals surface area contributed by atoms with Crippen LogP contribution in [0, 0.1) is 13.8 Å². The molecule has 7 nitrogen and oxygen atoms in total. The van der Waals surface area contributed by atoms with Crippen LogP contribution in [0.3, 0.4) is 0 Å². The predicted molar refractivity (Wildman–Crippen MR) is 111 cm³/mol. The van der Waals surface area contributed by atoms with Crippen LogP contribution in [0.25, 0.3) is 23.2 Å². The first-order valence-electron chi connectivity index (χ1n) is 9.09. The standard InChI is InChI=1S/C22H19N5O2/c1-15-11-16(2)13-18(12-15)23-22(28)20(14-19-9-6-10-29-19)27-21(24-25-26-27)17-7-4-3-5-8-17/h3-14H,1-2H3,(H,23,28)/b20-14-. The third kappa shape index (κ3) is 4.14. The minimum atomic E-state index is -0.351. The van der Waals surface area contributed by atoms with Crippen LogP contribution in [-0.2, 0) is 4.79 Å². The Kier molecular flexibility index (Phi) is 5.03. The molecule has 29 heavy (non-hydrogen) atoms. The maximum absolute atomic E-state index is 13.2. The van der Waals surface area contributed by atoms with Crippen molar-refractivity contribution in [1.29, 1.82) is 0 Å². The number of carbonyl (C=O) groups is 1. The molecule has 0 aliphatic heterocycles. The van der Waals surface area contributed by atoms with E-state index < -0.39 is 0 Å². The Labute approximate surface area is 167 Å². The van der Waals surface area contributed by atoms with E-state index in [1.165, 1.54) is 4.68 Å². The highest BCUT2D eigenvalue weighted by molar-refractivity contribution is 6.24. The van der Waals surface area contributed by atoms with Crippen LogP contribution in [0.5, 0.6) is 0 Å². The molecule has 0 spiro atoms. The summed E-state index contributed by atoms with van der Waals surface area (Å²) in [5.74, 6) is 0.625. The molecule has 0 aliphatic carbocycles. The third-order valence-corrected chi connectivity index (χ3v) is 4.26. The summed E-state index contributed by atoms with van der Waals surface area (Å²) in [6.07, 6.45) is 3.16. The largest absolute Gasteiger partial charge is 0.465 e. The van der Waals surface area contributed by atoms with Crippen molar-refractivity contribution in [2.75, 3.05) is 5.32 Å². The molecule has 2 aromatic carbocycles. The molecule has 0 radical (unpaired) electrons. The minimum Gasteiger partial charge on any atom is -0.465 e. The molecule has 0 atom stereocenters.